The van der Waals surface area contributed by atoms with Gasteiger partial charge < -0.3 is 14.7 Å². The van der Waals surface area contributed by atoms with E-state index in [1.807, 2.05) is 6.92 Å². The highest BCUT2D eigenvalue weighted by molar-refractivity contribution is 6.36. The van der Waals surface area contributed by atoms with Crippen LogP contribution in [-0.2, 0) is 14.4 Å². The number of carbonyl (C=O) groups is 1. The van der Waals surface area contributed by atoms with E-state index in [1.54, 1.807) is 6.92 Å². The van der Waals surface area contributed by atoms with Gasteiger partial charge in [0.2, 0.25) is 0 Å². The molecular formula is C12H19NO5. The number of hydrogen-bond donors (Lipinski definition) is 1. The zero-order valence-electron chi connectivity index (χ0n) is 10.7. The largest absolute Gasteiger partial charge is 0.458 e. The van der Waals surface area contributed by atoms with Crippen molar-refractivity contribution in [1.82, 2.24) is 0 Å². The van der Waals surface area contributed by atoms with Crippen LogP contribution < -0.4 is 0 Å². The summed E-state index contributed by atoms with van der Waals surface area (Å²) < 4.78 is 4.69. The number of aliphatic hydroxyl groups excluding tert-OH is 1. The first kappa shape index (κ1) is 14.5. The van der Waals surface area contributed by atoms with Crippen molar-refractivity contribution in [3.8, 4) is 0 Å². The maximum Gasteiger partial charge on any atom is 0.408 e. The standard InChI is InChI=1S/C12H19NO5/c1-4-17-12(15)10-11(14)9(18-13(10)16)7-5-6-8(2)3/h9,11,14H,2,4-7H2,1,3H3/t9-,11-/m0/s1. The molecule has 102 valence electrons. The van der Waals surface area contributed by atoms with Gasteiger partial charge in [0.05, 0.1) is 11.5 Å². The van der Waals surface area contributed by atoms with Crippen LogP contribution in [0.1, 0.15) is 33.1 Å². The van der Waals surface area contributed by atoms with Gasteiger partial charge in [-0.05, 0) is 33.1 Å². The van der Waals surface area contributed by atoms with Gasteiger partial charge in [-0.25, -0.2) is 4.79 Å². The average molecular weight is 257 g/mol. The van der Waals surface area contributed by atoms with Crippen molar-refractivity contribution >= 4 is 11.7 Å². The average Bonchev–Trinajstić information content (AvgIpc) is 2.54. The third kappa shape index (κ3) is 3.46. The van der Waals surface area contributed by atoms with Crippen LogP contribution in [0.25, 0.3) is 0 Å². The molecule has 2 atom stereocenters. The van der Waals surface area contributed by atoms with Crippen LogP contribution in [0, 0.1) is 5.21 Å². The molecule has 0 aromatic heterocycles. The Hall–Kier alpha value is -1.56. The van der Waals surface area contributed by atoms with Gasteiger partial charge in [0.1, 0.15) is 6.10 Å². The molecule has 1 aliphatic heterocycles. The Morgan fingerprint density at radius 3 is 2.89 bits per heavy atom. The number of ether oxygens (including phenoxy) is 1. The number of esters is 1. The quantitative estimate of drug-likeness (QED) is 0.434. The zero-order chi connectivity index (χ0) is 13.7. The first-order valence-corrected chi connectivity index (χ1v) is 5.97. The topological polar surface area (TPSA) is 81.8 Å². The van der Waals surface area contributed by atoms with Crippen LogP contribution in [0.5, 0.6) is 0 Å². The van der Waals surface area contributed by atoms with Crippen molar-refractivity contribution < 1.29 is 24.4 Å². The first-order valence-electron chi connectivity index (χ1n) is 5.97. The molecule has 0 fully saturated rings. The van der Waals surface area contributed by atoms with Gasteiger partial charge in [-0.3, -0.25) is 5.21 Å². The molecule has 0 bridgehead atoms. The Balaban J connectivity index is 2.55. The molecule has 0 amide bonds. The van der Waals surface area contributed by atoms with E-state index in [-0.39, 0.29) is 17.2 Å². The molecule has 1 aliphatic rings. The molecule has 0 radical (unpaired) electrons. The van der Waals surface area contributed by atoms with E-state index in [0.29, 0.717) is 6.42 Å². The lowest BCUT2D eigenvalue weighted by atomic mass is 10.0. The summed E-state index contributed by atoms with van der Waals surface area (Å²) in [5.74, 6) is -0.831. The molecular weight excluding hydrogens is 238 g/mol. The third-order valence-electron chi connectivity index (χ3n) is 2.64. The molecule has 18 heavy (non-hydrogen) atoms. The molecule has 0 aromatic carbocycles. The summed E-state index contributed by atoms with van der Waals surface area (Å²) in [4.78, 5) is 16.4. The second kappa shape index (κ2) is 6.39. The van der Waals surface area contributed by atoms with E-state index in [2.05, 4.69) is 11.3 Å². The molecule has 0 saturated heterocycles. The van der Waals surface area contributed by atoms with E-state index in [1.165, 1.54) is 0 Å². The summed E-state index contributed by atoms with van der Waals surface area (Å²) >= 11 is 0. The lowest BCUT2D eigenvalue weighted by Gasteiger charge is -2.14. The highest BCUT2D eigenvalue weighted by Gasteiger charge is 2.44. The summed E-state index contributed by atoms with van der Waals surface area (Å²) in [6.45, 7) is 7.44. The first-order chi connectivity index (χ1) is 8.47. The van der Waals surface area contributed by atoms with Crippen molar-refractivity contribution in [3.63, 3.8) is 0 Å². The third-order valence-corrected chi connectivity index (χ3v) is 2.64. The van der Waals surface area contributed by atoms with Crippen LogP contribution in [0.3, 0.4) is 0 Å². The fourth-order valence-electron chi connectivity index (χ4n) is 1.74. The monoisotopic (exact) mass is 257 g/mol. The van der Waals surface area contributed by atoms with Crippen LogP contribution >= 0.6 is 0 Å². The van der Waals surface area contributed by atoms with Crippen molar-refractivity contribution in [3.05, 3.63) is 17.4 Å². The summed E-state index contributed by atoms with van der Waals surface area (Å²) in [6.07, 6.45) is 0.0876. The van der Waals surface area contributed by atoms with Gasteiger partial charge in [-0.1, -0.05) is 5.57 Å². The Bertz CT molecular complexity index is 363. The van der Waals surface area contributed by atoms with E-state index < -0.39 is 18.2 Å². The van der Waals surface area contributed by atoms with Crippen molar-refractivity contribution in [1.29, 1.82) is 0 Å². The van der Waals surface area contributed by atoms with Gasteiger partial charge >= 0.3 is 11.7 Å². The van der Waals surface area contributed by atoms with Crippen LogP contribution in [0.4, 0.5) is 0 Å². The molecule has 1 heterocycles. The predicted octanol–water partition coefficient (Wildman–Crippen LogP) is 0.922. The lowest BCUT2D eigenvalue weighted by Crippen LogP contribution is -2.35. The molecule has 6 nitrogen and oxygen atoms in total. The summed E-state index contributed by atoms with van der Waals surface area (Å²) in [7, 11) is 0. The molecule has 1 N–H and O–H groups in total. The van der Waals surface area contributed by atoms with E-state index >= 15 is 0 Å². The smallest absolute Gasteiger partial charge is 0.408 e. The minimum Gasteiger partial charge on any atom is -0.458 e. The number of nitrogens with zero attached hydrogens (tertiary/aromatic N) is 1. The predicted molar refractivity (Wildman–Crippen MR) is 64.8 cm³/mol. The van der Waals surface area contributed by atoms with Crippen LogP contribution in [-0.4, -0.2) is 40.5 Å². The number of aliphatic hydroxyl groups is 1. The SMILES string of the molecule is C=C(C)CCC[C@@H]1O[N+]([O-])=C(C(=O)OCC)[C@H]1O. The van der Waals surface area contributed by atoms with E-state index in [9.17, 15) is 15.1 Å². The normalized spacial score (nSPS) is 22.8. The molecule has 0 aliphatic carbocycles. The minimum absolute atomic E-state index is 0.0636. The number of hydrogen-bond acceptors (Lipinski definition) is 5. The summed E-state index contributed by atoms with van der Waals surface area (Å²) in [5.41, 5.74) is 0.647. The van der Waals surface area contributed by atoms with Crippen LogP contribution in [0.15, 0.2) is 12.2 Å². The van der Waals surface area contributed by atoms with Gasteiger partial charge in [0.15, 0.2) is 6.10 Å². The van der Waals surface area contributed by atoms with Crippen molar-refractivity contribution in [2.75, 3.05) is 6.61 Å². The maximum absolute atomic E-state index is 11.4. The second-order valence-electron chi connectivity index (χ2n) is 4.30. The van der Waals surface area contributed by atoms with Crippen molar-refractivity contribution in [2.24, 2.45) is 0 Å². The fraction of sp³-hybridized carbons (Fsp3) is 0.667. The Labute approximate surface area is 106 Å². The lowest BCUT2D eigenvalue weighted by molar-refractivity contribution is -0.740. The maximum atomic E-state index is 11.4. The van der Waals surface area contributed by atoms with Gasteiger partial charge in [-0.15, -0.1) is 6.58 Å². The molecule has 0 spiro atoms. The van der Waals surface area contributed by atoms with E-state index in [4.69, 9.17) is 4.84 Å². The summed E-state index contributed by atoms with van der Waals surface area (Å²) in [5, 5.41) is 21.2. The number of rotatable bonds is 6. The Kier molecular flexibility index (Phi) is 5.15. The fourth-order valence-corrected chi connectivity index (χ4v) is 1.74. The second-order valence-corrected chi connectivity index (χ2v) is 4.30. The zero-order valence-corrected chi connectivity index (χ0v) is 10.7. The van der Waals surface area contributed by atoms with Crippen LogP contribution in [0.2, 0.25) is 0 Å². The highest BCUT2D eigenvalue weighted by atomic mass is 16.9. The minimum atomic E-state index is -1.23. The molecule has 0 saturated carbocycles. The Morgan fingerprint density at radius 2 is 2.33 bits per heavy atom. The molecule has 0 aromatic rings. The van der Waals surface area contributed by atoms with E-state index in [0.717, 1.165) is 18.4 Å². The molecule has 6 heteroatoms. The number of carbonyl (C=O) groups excluding carboxylic acids is 1. The van der Waals surface area contributed by atoms with Gasteiger partial charge in [-0.2, -0.15) is 0 Å². The summed E-state index contributed by atoms with van der Waals surface area (Å²) in [6, 6.07) is 0. The van der Waals surface area contributed by atoms with Gasteiger partial charge in [0.25, 0.3) is 0 Å². The van der Waals surface area contributed by atoms with Gasteiger partial charge in [0, 0.05) is 0 Å². The molecule has 1 rings (SSSR count). The number of allylic oxidation sites excluding steroid dienone is 1. The molecule has 0 unspecified atom stereocenters. The Morgan fingerprint density at radius 1 is 1.67 bits per heavy atom. The highest BCUT2D eigenvalue weighted by Crippen LogP contribution is 2.18. The van der Waals surface area contributed by atoms with Crippen molar-refractivity contribution in [2.45, 2.75) is 45.3 Å².